The number of fused-ring (bicyclic) bond motifs is 1. The highest BCUT2D eigenvalue weighted by atomic mass is 32.1. The Labute approximate surface area is 122 Å². The Morgan fingerprint density at radius 1 is 1.45 bits per heavy atom. The van der Waals surface area contributed by atoms with Crippen LogP contribution >= 0.6 is 11.3 Å². The molecule has 20 heavy (non-hydrogen) atoms. The molecule has 108 valence electrons. The molecule has 0 aliphatic carbocycles. The maximum Gasteiger partial charge on any atom is 0.404 e. The number of hydrogen-bond donors (Lipinski definition) is 2. The van der Waals surface area contributed by atoms with Gasteiger partial charge in [0.1, 0.15) is 6.61 Å². The van der Waals surface area contributed by atoms with Crippen molar-refractivity contribution in [2.24, 2.45) is 11.1 Å². The Hall–Kier alpha value is -1.82. The highest BCUT2D eigenvalue weighted by Gasteiger charge is 2.26. The third-order valence-electron chi connectivity index (χ3n) is 3.03. The van der Waals surface area contributed by atoms with Crippen molar-refractivity contribution in [1.82, 2.24) is 4.98 Å². The Morgan fingerprint density at radius 2 is 2.15 bits per heavy atom. The summed E-state index contributed by atoms with van der Waals surface area (Å²) in [5, 5.41) is 4.16. The number of amides is 1. The van der Waals surface area contributed by atoms with Crippen LogP contribution in [-0.2, 0) is 4.74 Å². The first kappa shape index (κ1) is 14.6. The maximum absolute atomic E-state index is 10.8. The van der Waals surface area contributed by atoms with E-state index in [0.29, 0.717) is 0 Å². The number of benzene rings is 1. The second kappa shape index (κ2) is 5.66. The lowest BCUT2D eigenvalue weighted by Gasteiger charge is -2.30. The molecule has 2 rings (SSSR count). The summed E-state index contributed by atoms with van der Waals surface area (Å²) in [4.78, 5) is 15.3. The van der Waals surface area contributed by atoms with Crippen LogP contribution in [0.2, 0.25) is 0 Å². The average molecular weight is 293 g/mol. The second-order valence-corrected chi connectivity index (χ2v) is 6.71. The van der Waals surface area contributed by atoms with Gasteiger partial charge in [-0.05, 0) is 17.5 Å². The number of carbonyl (C=O) groups is 1. The summed E-state index contributed by atoms with van der Waals surface area (Å²) < 4.78 is 6.05. The number of hydrogen-bond acceptors (Lipinski definition) is 5. The molecule has 0 fully saturated rings. The lowest BCUT2D eigenvalue weighted by Crippen LogP contribution is -2.39. The van der Waals surface area contributed by atoms with Crippen molar-refractivity contribution >= 4 is 32.8 Å². The average Bonchev–Trinajstić information content (AvgIpc) is 2.75. The van der Waals surface area contributed by atoms with Gasteiger partial charge in [-0.2, -0.15) is 0 Å². The smallest absolute Gasteiger partial charge is 0.404 e. The summed E-state index contributed by atoms with van der Waals surface area (Å²) in [5.74, 6) is 0. The molecule has 0 saturated heterocycles. The number of nitrogens with two attached hydrogens (primary N) is 1. The lowest BCUT2D eigenvalue weighted by atomic mass is 9.87. The third-order valence-corrected chi connectivity index (χ3v) is 4.00. The molecule has 1 unspecified atom stereocenters. The summed E-state index contributed by atoms with van der Waals surface area (Å²) in [6.45, 7) is 6.43. The molecule has 1 aromatic heterocycles. The lowest BCUT2D eigenvalue weighted by molar-refractivity contribution is 0.132. The monoisotopic (exact) mass is 293 g/mol. The van der Waals surface area contributed by atoms with Crippen LogP contribution in [0.25, 0.3) is 10.2 Å². The van der Waals surface area contributed by atoms with Crippen LogP contribution in [0.15, 0.2) is 24.3 Å². The van der Waals surface area contributed by atoms with Crippen molar-refractivity contribution in [1.29, 1.82) is 0 Å². The molecule has 3 N–H and O–H groups in total. The van der Waals surface area contributed by atoms with Crippen molar-refractivity contribution in [2.45, 2.75) is 26.8 Å². The van der Waals surface area contributed by atoms with Crippen LogP contribution in [0.1, 0.15) is 20.8 Å². The van der Waals surface area contributed by atoms with Gasteiger partial charge in [0.25, 0.3) is 0 Å². The van der Waals surface area contributed by atoms with E-state index in [1.807, 2.05) is 24.3 Å². The van der Waals surface area contributed by atoms with Gasteiger partial charge in [-0.25, -0.2) is 9.78 Å². The van der Waals surface area contributed by atoms with Crippen LogP contribution in [-0.4, -0.2) is 23.7 Å². The van der Waals surface area contributed by atoms with Crippen molar-refractivity contribution < 1.29 is 9.53 Å². The topological polar surface area (TPSA) is 77.2 Å². The molecule has 0 aliphatic heterocycles. The van der Waals surface area contributed by atoms with Gasteiger partial charge < -0.3 is 15.8 Å². The molecule has 1 atom stereocenters. The Balaban J connectivity index is 2.16. The highest BCUT2D eigenvalue weighted by Crippen LogP contribution is 2.29. The number of para-hydroxylation sites is 1. The molecule has 1 heterocycles. The largest absolute Gasteiger partial charge is 0.448 e. The number of anilines is 1. The van der Waals surface area contributed by atoms with Gasteiger partial charge in [-0.1, -0.05) is 44.2 Å². The summed E-state index contributed by atoms with van der Waals surface area (Å²) in [5.41, 5.74) is 5.91. The fraction of sp³-hybridized carbons (Fsp3) is 0.429. The number of aromatic nitrogens is 1. The zero-order chi connectivity index (χ0) is 14.8. The van der Waals surface area contributed by atoms with Crippen LogP contribution in [0, 0.1) is 5.41 Å². The van der Waals surface area contributed by atoms with Gasteiger partial charge in [0, 0.05) is 0 Å². The van der Waals surface area contributed by atoms with E-state index in [0.717, 1.165) is 15.3 Å². The normalized spacial score (nSPS) is 13.2. The fourth-order valence-electron chi connectivity index (χ4n) is 1.76. The molecule has 0 spiro atoms. The molecule has 1 aromatic carbocycles. The van der Waals surface area contributed by atoms with Gasteiger partial charge in [-0.3, -0.25) is 0 Å². The number of primary amides is 1. The molecule has 0 aliphatic rings. The minimum absolute atomic E-state index is 0.0597. The first-order chi connectivity index (χ1) is 9.36. The molecular weight excluding hydrogens is 274 g/mol. The zero-order valence-corrected chi connectivity index (χ0v) is 12.7. The second-order valence-electron chi connectivity index (χ2n) is 5.68. The number of thiazole rings is 1. The Kier molecular flexibility index (Phi) is 4.13. The quantitative estimate of drug-likeness (QED) is 0.907. The minimum atomic E-state index is -0.759. The number of nitrogens with one attached hydrogen (secondary N) is 1. The maximum atomic E-state index is 10.8. The first-order valence-electron chi connectivity index (χ1n) is 6.40. The molecule has 2 aromatic rings. The molecule has 0 radical (unpaired) electrons. The van der Waals surface area contributed by atoms with Gasteiger partial charge in [0.2, 0.25) is 0 Å². The summed E-state index contributed by atoms with van der Waals surface area (Å²) in [6.07, 6.45) is -0.759. The van der Waals surface area contributed by atoms with Gasteiger partial charge in [0.05, 0.1) is 16.3 Å². The minimum Gasteiger partial charge on any atom is -0.448 e. The van der Waals surface area contributed by atoms with Gasteiger partial charge in [0.15, 0.2) is 5.13 Å². The van der Waals surface area contributed by atoms with Crippen LogP contribution in [0.4, 0.5) is 9.93 Å². The van der Waals surface area contributed by atoms with Crippen molar-refractivity contribution in [2.75, 3.05) is 11.9 Å². The van der Waals surface area contributed by atoms with Crippen LogP contribution in [0.3, 0.4) is 0 Å². The molecular formula is C14H19N3O2S. The summed E-state index contributed by atoms with van der Waals surface area (Å²) in [7, 11) is 0. The van der Waals surface area contributed by atoms with E-state index >= 15 is 0 Å². The standard InChI is InChI=1S/C14H19N3O2S/c1-14(2,3)11(8-19-12(15)18)17-13-16-9-6-4-5-7-10(9)20-13/h4-7,11H,8H2,1-3H3,(H2,15,18)(H,16,17). The van der Waals surface area contributed by atoms with E-state index in [1.54, 1.807) is 11.3 Å². The van der Waals surface area contributed by atoms with Gasteiger partial charge in [-0.15, -0.1) is 0 Å². The Bertz CT molecular complexity index is 571. The number of rotatable bonds is 4. The van der Waals surface area contributed by atoms with E-state index in [9.17, 15) is 4.79 Å². The molecule has 6 heteroatoms. The number of ether oxygens (including phenoxy) is 1. The van der Waals surface area contributed by atoms with Gasteiger partial charge >= 0.3 is 6.09 Å². The van der Waals surface area contributed by atoms with E-state index in [-0.39, 0.29) is 18.1 Å². The van der Waals surface area contributed by atoms with Crippen molar-refractivity contribution in [3.8, 4) is 0 Å². The van der Waals surface area contributed by atoms with Crippen LogP contribution < -0.4 is 11.1 Å². The van der Waals surface area contributed by atoms with E-state index in [2.05, 4.69) is 31.1 Å². The molecule has 5 nitrogen and oxygen atoms in total. The fourth-order valence-corrected chi connectivity index (χ4v) is 2.67. The summed E-state index contributed by atoms with van der Waals surface area (Å²) in [6, 6.07) is 7.90. The third kappa shape index (κ3) is 3.60. The van der Waals surface area contributed by atoms with E-state index in [1.165, 1.54) is 0 Å². The predicted octanol–water partition coefficient (Wildman–Crippen LogP) is 3.22. The molecule has 0 saturated carbocycles. The molecule has 1 amide bonds. The number of nitrogens with zero attached hydrogens (tertiary/aromatic N) is 1. The zero-order valence-electron chi connectivity index (χ0n) is 11.8. The van der Waals surface area contributed by atoms with Crippen LogP contribution in [0.5, 0.6) is 0 Å². The predicted molar refractivity (Wildman–Crippen MR) is 82.0 cm³/mol. The Morgan fingerprint density at radius 3 is 2.75 bits per heavy atom. The SMILES string of the molecule is CC(C)(C)C(COC(N)=O)Nc1nc2ccccc2s1. The molecule has 0 bridgehead atoms. The first-order valence-corrected chi connectivity index (χ1v) is 7.22. The van der Waals surface area contributed by atoms with E-state index < -0.39 is 6.09 Å². The summed E-state index contributed by atoms with van der Waals surface area (Å²) >= 11 is 1.58. The number of carbonyl (C=O) groups excluding carboxylic acids is 1. The van der Waals surface area contributed by atoms with Crippen molar-refractivity contribution in [3.63, 3.8) is 0 Å². The van der Waals surface area contributed by atoms with Crippen molar-refractivity contribution in [3.05, 3.63) is 24.3 Å². The van der Waals surface area contributed by atoms with E-state index in [4.69, 9.17) is 10.5 Å². The highest BCUT2D eigenvalue weighted by molar-refractivity contribution is 7.22.